The number of carbonyl (C=O) groups excluding carboxylic acids is 1. The molecule has 0 atom stereocenters. The van der Waals surface area contributed by atoms with E-state index in [1.54, 1.807) is 4.90 Å². The van der Waals surface area contributed by atoms with Gasteiger partial charge in [0, 0.05) is 16.7 Å². The van der Waals surface area contributed by atoms with Crippen molar-refractivity contribution in [1.29, 1.82) is 0 Å². The van der Waals surface area contributed by atoms with Gasteiger partial charge in [-0.3, -0.25) is 4.79 Å². The molecule has 0 heterocycles. The number of aliphatic hydroxyl groups is 1. The second-order valence-electron chi connectivity index (χ2n) is 3.59. The molecule has 3 nitrogen and oxygen atoms in total. The molecule has 0 aliphatic heterocycles. The molecule has 0 saturated heterocycles. The van der Waals surface area contributed by atoms with Crippen molar-refractivity contribution in [2.45, 2.75) is 13.8 Å². The van der Waals surface area contributed by atoms with Gasteiger partial charge in [0.05, 0.1) is 12.2 Å². The summed E-state index contributed by atoms with van der Waals surface area (Å²) in [4.78, 5) is 13.8. The highest BCUT2D eigenvalue weighted by molar-refractivity contribution is 14.1. The van der Waals surface area contributed by atoms with Gasteiger partial charge < -0.3 is 10.0 Å². The molecule has 0 unspecified atom stereocenters. The molecular formula is C12H16INO2. The van der Waals surface area contributed by atoms with Gasteiger partial charge in [0.1, 0.15) is 0 Å². The molecule has 0 aliphatic carbocycles. The largest absolute Gasteiger partial charge is 0.395 e. The number of hydrogen-bond donors (Lipinski definition) is 1. The molecule has 4 heteroatoms. The summed E-state index contributed by atoms with van der Waals surface area (Å²) in [5.74, 6) is -0.00958. The number of halogens is 1. The number of nitrogens with zero attached hydrogens (tertiary/aromatic N) is 1. The first kappa shape index (κ1) is 13.4. The second-order valence-corrected chi connectivity index (χ2v) is 4.75. The Hall–Kier alpha value is -0.620. The zero-order valence-electron chi connectivity index (χ0n) is 9.53. The van der Waals surface area contributed by atoms with Crippen LogP contribution in [0.2, 0.25) is 0 Å². The van der Waals surface area contributed by atoms with Crippen LogP contribution in [0.15, 0.2) is 18.2 Å². The third kappa shape index (κ3) is 3.18. The maximum atomic E-state index is 12.1. The van der Waals surface area contributed by atoms with E-state index in [2.05, 4.69) is 22.6 Å². The predicted molar refractivity (Wildman–Crippen MR) is 72.6 cm³/mol. The van der Waals surface area contributed by atoms with Crippen molar-refractivity contribution in [3.8, 4) is 0 Å². The third-order valence-electron chi connectivity index (χ3n) is 2.39. The molecular weight excluding hydrogens is 317 g/mol. The van der Waals surface area contributed by atoms with Crippen LogP contribution in [-0.4, -0.2) is 35.6 Å². The van der Waals surface area contributed by atoms with Gasteiger partial charge in [0.25, 0.3) is 5.91 Å². The van der Waals surface area contributed by atoms with Gasteiger partial charge in [-0.1, -0.05) is 11.6 Å². The van der Waals surface area contributed by atoms with Crippen molar-refractivity contribution in [3.05, 3.63) is 32.9 Å². The van der Waals surface area contributed by atoms with Crippen molar-refractivity contribution in [2.24, 2.45) is 0 Å². The Labute approximate surface area is 110 Å². The maximum Gasteiger partial charge on any atom is 0.255 e. The van der Waals surface area contributed by atoms with Crippen molar-refractivity contribution in [1.82, 2.24) is 4.90 Å². The minimum absolute atomic E-state index is 0.00196. The second kappa shape index (κ2) is 6.20. The molecule has 1 amide bonds. The Morgan fingerprint density at radius 2 is 2.19 bits per heavy atom. The highest BCUT2D eigenvalue weighted by Gasteiger charge is 2.16. The van der Waals surface area contributed by atoms with Crippen molar-refractivity contribution >= 4 is 28.5 Å². The zero-order chi connectivity index (χ0) is 12.1. The number of carbonyl (C=O) groups is 1. The van der Waals surface area contributed by atoms with Gasteiger partial charge in [-0.2, -0.15) is 0 Å². The minimum Gasteiger partial charge on any atom is -0.395 e. The molecule has 1 aromatic carbocycles. The van der Waals surface area contributed by atoms with Gasteiger partial charge in [0.2, 0.25) is 0 Å². The van der Waals surface area contributed by atoms with Crippen LogP contribution in [0.25, 0.3) is 0 Å². The van der Waals surface area contributed by atoms with Crippen LogP contribution in [0.5, 0.6) is 0 Å². The molecule has 0 fully saturated rings. The normalized spacial score (nSPS) is 10.2. The van der Waals surface area contributed by atoms with Crippen molar-refractivity contribution in [3.63, 3.8) is 0 Å². The molecule has 0 bridgehead atoms. The highest BCUT2D eigenvalue weighted by atomic mass is 127. The van der Waals surface area contributed by atoms with Gasteiger partial charge in [0.15, 0.2) is 0 Å². The van der Waals surface area contributed by atoms with Crippen LogP contribution in [-0.2, 0) is 0 Å². The summed E-state index contributed by atoms with van der Waals surface area (Å²) < 4.78 is 0.949. The summed E-state index contributed by atoms with van der Waals surface area (Å²) in [6.07, 6.45) is 0. The highest BCUT2D eigenvalue weighted by Crippen LogP contribution is 2.16. The lowest BCUT2D eigenvalue weighted by Crippen LogP contribution is -2.33. The summed E-state index contributed by atoms with van der Waals surface area (Å²) in [5.41, 5.74) is 1.79. The molecule has 88 valence electrons. The Kier molecular flexibility index (Phi) is 5.21. The first-order valence-corrected chi connectivity index (χ1v) is 6.34. The smallest absolute Gasteiger partial charge is 0.255 e. The molecule has 1 aromatic rings. The zero-order valence-corrected chi connectivity index (χ0v) is 11.7. The molecule has 0 spiro atoms. The van der Waals surface area contributed by atoms with E-state index >= 15 is 0 Å². The molecule has 0 aromatic heterocycles. The van der Waals surface area contributed by atoms with Crippen molar-refractivity contribution < 1.29 is 9.90 Å². The number of hydrogen-bond acceptors (Lipinski definition) is 2. The van der Waals surface area contributed by atoms with Gasteiger partial charge in [-0.05, 0) is 48.6 Å². The van der Waals surface area contributed by atoms with Crippen LogP contribution in [0.4, 0.5) is 0 Å². The molecule has 16 heavy (non-hydrogen) atoms. The summed E-state index contributed by atoms with van der Waals surface area (Å²) in [5, 5.41) is 8.89. The van der Waals surface area contributed by atoms with E-state index in [1.807, 2.05) is 32.0 Å². The van der Waals surface area contributed by atoms with E-state index in [1.165, 1.54) is 0 Å². The van der Waals surface area contributed by atoms with E-state index in [4.69, 9.17) is 5.11 Å². The molecule has 0 radical (unpaired) electrons. The quantitative estimate of drug-likeness (QED) is 0.857. The van der Waals surface area contributed by atoms with Gasteiger partial charge in [-0.25, -0.2) is 0 Å². The van der Waals surface area contributed by atoms with Crippen LogP contribution in [0.1, 0.15) is 22.8 Å². The standard InChI is InChI=1S/C12H16INO2/c1-3-14(6-7-15)12(16)10-8-9(2)4-5-11(10)13/h4-5,8,15H,3,6-7H2,1-2H3. The van der Waals surface area contributed by atoms with E-state index in [9.17, 15) is 4.79 Å². The fourth-order valence-electron chi connectivity index (χ4n) is 1.50. The van der Waals surface area contributed by atoms with E-state index in [-0.39, 0.29) is 12.5 Å². The molecule has 0 saturated carbocycles. The predicted octanol–water partition coefficient (Wildman–Crippen LogP) is 2.05. The van der Waals surface area contributed by atoms with Crippen LogP contribution in [0.3, 0.4) is 0 Å². The van der Waals surface area contributed by atoms with Gasteiger partial charge in [-0.15, -0.1) is 0 Å². The molecule has 1 rings (SSSR count). The lowest BCUT2D eigenvalue weighted by atomic mass is 10.1. The SMILES string of the molecule is CCN(CCO)C(=O)c1cc(C)ccc1I. The number of aliphatic hydroxyl groups excluding tert-OH is 1. The topological polar surface area (TPSA) is 40.5 Å². The van der Waals surface area contributed by atoms with E-state index in [0.717, 1.165) is 14.7 Å². The summed E-state index contributed by atoms with van der Waals surface area (Å²) in [7, 11) is 0. The minimum atomic E-state index is -0.00958. The first-order valence-electron chi connectivity index (χ1n) is 5.26. The Morgan fingerprint density at radius 3 is 2.75 bits per heavy atom. The fraction of sp³-hybridized carbons (Fsp3) is 0.417. The third-order valence-corrected chi connectivity index (χ3v) is 3.33. The van der Waals surface area contributed by atoms with Crippen LogP contribution < -0.4 is 0 Å². The monoisotopic (exact) mass is 333 g/mol. The van der Waals surface area contributed by atoms with Crippen LogP contribution in [0, 0.1) is 10.5 Å². The number of rotatable bonds is 4. The lowest BCUT2D eigenvalue weighted by molar-refractivity contribution is 0.0731. The summed E-state index contributed by atoms with van der Waals surface area (Å²) in [6, 6.07) is 5.82. The molecule has 0 aliphatic rings. The lowest BCUT2D eigenvalue weighted by Gasteiger charge is -2.20. The Balaban J connectivity index is 2.98. The first-order chi connectivity index (χ1) is 7.60. The Morgan fingerprint density at radius 1 is 1.50 bits per heavy atom. The molecule has 1 N–H and O–H groups in total. The summed E-state index contributed by atoms with van der Waals surface area (Å²) in [6.45, 7) is 4.89. The Bertz CT molecular complexity index is 379. The van der Waals surface area contributed by atoms with Gasteiger partial charge >= 0.3 is 0 Å². The van der Waals surface area contributed by atoms with E-state index < -0.39 is 0 Å². The number of likely N-dealkylation sites (N-methyl/N-ethyl adjacent to an activating group) is 1. The average Bonchev–Trinajstić information content (AvgIpc) is 2.28. The number of benzene rings is 1. The fourth-order valence-corrected chi connectivity index (χ4v) is 2.06. The summed E-state index contributed by atoms with van der Waals surface area (Å²) >= 11 is 2.16. The number of amides is 1. The van der Waals surface area contributed by atoms with E-state index in [0.29, 0.717) is 13.1 Å². The van der Waals surface area contributed by atoms with Crippen LogP contribution >= 0.6 is 22.6 Å². The number of aryl methyl sites for hydroxylation is 1. The maximum absolute atomic E-state index is 12.1. The van der Waals surface area contributed by atoms with Crippen molar-refractivity contribution in [2.75, 3.05) is 19.7 Å². The average molecular weight is 333 g/mol.